The zero-order valence-electron chi connectivity index (χ0n) is 9.46. The minimum absolute atomic E-state index is 0. The van der Waals surface area contributed by atoms with Crippen molar-refractivity contribution >= 4 is 23.2 Å². The van der Waals surface area contributed by atoms with Crippen molar-refractivity contribution < 1.29 is 0 Å². The van der Waals surface area contributed by atoms with Crippen molar-refractivity contribution in [2.24, 2.45) is 0 Å². The van der Waals surface area contributed by atoms with E-state index in [1.165, 1.54) is 0 Å². The minimum Gasteiger partial charge on any atom is -0.320 e. The number of pyridine rings is 2. The van der Waals surface area contributed by atoms with Crippen LogP contribution in [0.15, 0.2) is 59.5 Å². The molecule has 2 heterocycles. The number of hydrogen-bond acceptors (Lipinski definition) is 2. The zero-order valence-corrected chi connectivity index (χ0v) is 10.3. The summed E-state index contributed by atoms with van der Waals surface area (Å²) in [7, 11) is 0. The molecule has 3 rings (SSSR count). The number of aromatic amines is 1. The van der Waals surface area contributed by atoms with Gasteiger partial charge in [-0.25, -0.2) is 0 Å². The van der Waals surface area contributed by atoms with E-state index >= 15 is 0 Å². The molecule has 4 heteroatoms. The number of benzene rings is 1. The van der Waals surface area contributed by atoms with Crippen LogP contribution in [0.1, 0.15) is 0 Å². The molecule has 2 aromatic heterocycles. The molecule has 1 N–H and O–H groups in total. The monoisotopic (exact) mass is 258 g/mol. The zero-order chi connectivity index (χ0) is 11.7. The van der Waals surface area contributed by atoms with Crippen molar-refractivity contribution in [2.75, 3.05) is 0 Å². The van der Waals surface area contributed by atoms with Crippen molar-refractivity contribution in [3.8, 4) is 11.4 Å². The second kappa shape index (κ2) is 5.02. The van der Waals surface area contributed by atoms with Gasteiger partial charge in [-0.15, -0.1) is 12.4 Å². The number of aromatic nitrogens is 2. The highest BCUT2D eigenvalue weighted by molar-refractivity contribution is 5.85. The Bertz CT molecular complexity index is 722. The molecule has 0 saturated heterocycles. The van der Waals surface area contributed by atoms with Crippen molar-refractivity contribution in [1.82, 2.24) is 9.97 Å². The molecule has 0 bridgehead atoms. The van der Waals surface area contributed by atoms with Gasteiger partial charge in [-0.1, -0.05) is 24.3 Å². The molecule has 1 aromatic carbocycles. The topological polar surface area (TPSA) is 45.8 Å². The average Bonchev–Trinajstić information content (AvgIpc) is 2.40. The second-order valence-corrected chi connectivity index (χ2v) is 3.81. The van der Waals surface area contributed by atoms with E-state index in [1.54, 1.807) is 6.20 Å². The lowest BCUT2D eigenvalue weighted by molar-refractivity contribution is 1.22. The maximum atomic E-state index is 11.9. The summed E-state index contributed by atoms with van der Waals surface area (Å²) in [5, 5.41) is 1.63. The third-order valence-electron chi connectivity index (χ3n) is 2.69. The van der Waals surface area contributed by atoms with Gasteiger partial charge >= 0.3 is 0 Å². The summed E-state index contributed by atoms with van der Waals surface area (Å²) >= 11 is 0. The summed E-state index contributed by atoms with van der Waals surface area (Å²) in [6.45, 7) is 0. The van der Waals surface area contributed by atoms with Gasteiger partial charge in [0.2, 0.25) is 0 Å². The summed E-state index contributed by atoms with van der Waals surface area (Å²) in [5.74, 6) is 0. The van der Waals surface area contributed by atoms with E-state index in [1.807, 2.05) is 48.5 Å². The van der Waals surface area contributed by atoms with Gasteiger partial charge in [0, 0.05) is 11.6 Å². The van der Waals surface area contributed by atoms with Crippen LogP contribution in [0.25, 0.3) is 22.2 Å². The average molecular weight is 259 g/mol. The maximum absolute atomic E-state index is 11.9. The molecule has 0 amide bonds. The third kappa shape index (κ3) is 2.13. The van der Waals surface area contributed by atoms with Crippen LogP contribution in [-0.2, 0) is 0 Å². The lowest BCUT2D eigenvalue weighted by Crippen LogP contribution is -2.07. The van der Waals surface area contributed by atoms with Gasteiger partial charge in [0.1, 0.15) is 0 Å². The van der Waals surface area contributed by atoms with E-state index in [4.69, 9.17) is 0 Å². The molecule has 3 nitrogen and oxygen atoms in total. The Balaban J connectivity index is 0.00000120. The highest BCUT2D eigenvalue weighted by Gasteiger charge is 2.03. The number of fused-ring (bicyclic) bond motifs is 1. The van der Waals surface area contributed by atoms with Crippen molar-refractivity contribution in [3.63, 3.8) is 0 Å². The van der Waals surface area contributed by atoms with E-state index < -0.39 is 0 Å². The van der Waals surface area contributed by atoms with Gasteiger partial charge in [0.15, 0.2) is 0 Å². The molecule has 0 radical (unpaired) electrons. The molecule has 3 aromatic rings. The standard InChI is InChI=1S/C14H10N2O.ClH/c17-14-11-6-2-1-5-10(11)9-13(16-14)12-7-3-4-8-15-12;/h1-9H,(H,16,17);1H. The first-order chi connectivity index (χ1) is 8.34. The Morgan fingerprint density at radius 3 is 2.56 bits per heavy atom. The van der Waals surface area contributed by atoms with Gasteiger partial charge in [0.05, 0.1) is 11.4 Å². The van der Waals surface area contributed by atoms with Gasteiger partial charge in [-0.3, -0.25) is 9.78 Å². The summed E-state index contributed by atoms with van der Waals surface area (Å²) < 4.78 is 0. The molecule has 90 valence electrons. The van der Waals surface area contributed by atoms with E-state index in [9.17, 15) is 4.79 Å². The van der Waals surface area contributed by atoms with Crippen LogP contribution < -0.4 is 5.56 Å². The molecule has 0 atom stereocenters. The maximum Gasteiger partial charge on any atom is 0.256 e. The number of halogens is 1. The highest BCUT2D eigenvalue weighted by atomic mass is 35.5. The lowest BCUT2D eigenvalue weighted by Gasteiger charge is -2.02. The molecular weight excluding hydrogens is 248 g/mol. The number of nitrogens with zero attached hydrogens (tertiary/aromatic N) is 1. The predicted octanol–water partition coefficient (Wildman–Crippen LogP) is 3.01. The van der Waals surface area contributed by atoms with Gasteiger partial charge in [0.25, 0.3) is 5.56 Å². The molecule has 0 spiro atoms. The largest absolute Gasteiger partial charge is 0.320 e. The number of hydrogen-bond donors (Lipinski definition) is 1. The second-order valence-electron chi connectivity index (χ2n) is 3.81. The first-order valence-electron chi connectivity index (χ1n) is 5.38. The first-order valence-corrected chi connectivity index (χ1v) is 5.38. The fourth-order valence-corrected chi connectivity index (χ4v) is 1.87. The Kier molecular flexibility index (Phi) is 3.44. The van der Waals surface area contributed by atoms with Crippen LogP contribution in [-0.4, -0.2) is 9.97 Å². The van der Waals surface area contributed by atoms with Crippen molar-refractivity contribution in [1.29, 1.82) is 0 Å². The molecule has 0 aliphatic carbocycles. The van der Waals surface area contributed by atoms with Gasteiger partial charge in [-0.2, -0.15) is 0 Å². The third-order valence-corrected chi connectivity index (χ3v) is 2.69. The Morgan fingerprint density at radius 1 is 1.00 bits per heavy atom. The minimum atomic E-state index is -0.0799. The Labute approximate surface area is 110 Å². The van der Waals surface area contributed by atoms with Crippen molar-refractivity contribution in [3.05, 3.63) is 65.1 Å². The fourth-order valence-electron chi connectivity index (χ4n) is 1.87. The highest BCUT2D eigenvalue weighted by Crippen LogP contribution is 2.17. The normalized spacial score (nSPS) is 10.0. The van der Waals surface area contributed by atoms with E-state index in [0.29, 0.717) is 5.39 Å². The summed E-state index contributed by atoms with van der Waals surface area (Å²) in [6, 6.07) is 15.1. The van der Waals surface area contributed by atoms with E-state index in [2.05, 4.69) is 9.97 Å². The molecule has 0 saturated carbocycles. The van der Waals surface area contributed by atoms with Gasteiger partial charge < -0.3 is 4.98 Å². The lowest BCUT2D eigenvalue weighted by atomic mass is 10.1. The van der Waals surface area contributed by atoms with Crippen LogP contribution in [0.5, 0.6) is 0 Å². The van der Waals surface area contributed by atoms with Crippen LogP contribution >= 0.6 is 12.4 Å². The van der Waals surface area contributed by atoms with Crippen molar-refractivity contribution in [2.45, 2.75) is 0 Å². The van der Waals surface area contributed by atoms with E-state index in [0.717, 1.165) is 16.8 Å². The molecule has 0 aliphatic heterocycles. The summed E-state index contributed by atoms with van der Waals surface area (Å²) in [6.07, 6.45) is 1.71. The molecule has 18 heavy (non-hydrogen) atoms. The predicted molar refractivity (Wildman–Crippen MR) is 75.0 cm³/mol. The molecule has 0 fully saturated rings. The molecular formula is C14H11ClN2O. The van der Waals surface area contributed by atoms with Crippen LogP contribution in [0.3, 0.4) is 0 Å². The smallest absolute Gasteiger partial charge is 0.256 e. The number of rotatable bonds is 1. The summed E-state index contributed by atoms with van der Waals surface area (Å²) in [4.78, 5) is 19.0. The van der Waals surface area contributed by atoms with Gasteiger partial charge in [-0.05, 0) is 29.7 Å². The fraction of sp³-hybridized carbons (Fsp3) is 0. The van der Waals surface area contributed by atoms with Crippen LogP contribution in [0.4, 0.5) is 0 Å². The van der Waals surface area contributed by atoms with Crippen LogP contribution in [0, 0.1) is 0 Å². The quantitative estimate of drug-likeness (QED) is 0.729. The summed E-state index contributed by atoms with van der Waals surface area (Å²) in [5.41, 5.74) is 1.44. The molecule has 0 aliphatic rings. The Hall–Kier alpha value is -2.13. The number of H-pyrrole nitrogens is 1. The SMILES string of the molecule is Cl.O=c1[nH]c(-c2ccccn2)cc2ccccc12. The number of nitrogens with one attached hydrogen (secondary N) is 1. The Morgan fingerprint density at radius 2 is 1.78 bits per heavy atom. The van der Waals surface area contributed by atoms with E-state index in [-0.39, 0.29) is 18.0 Å². The van der Waals surface area contributed by atoms with Crippen LogP contribution in [0.2, 0.25) is 0 Å². The molecule has 0 unspecified atom stereocenters. The first kappa shape index (κ1) is 12.3.